The van der Waals surface area contributed by atoms with Crippen molar-refractivity contribution in [2.45, 2.75) is 50.1 Å². The standard InChI is InChI=1S/C12H22N4O2S/c1-3-13-10(2)12-6-4-5-7-16(12)19(17,18)11-8-14-15-9-11/h8-10,12-13H,3-7H2,1-2H3,(H,14,15). The van der Waals surface area contributed by atoms with Gasteiger partial charge in [0, 0.05) is 24.8 Å². The Labute approximate surface area is 114 Å². The first kappa shape index (κ1) is 14.5. The van der Waals surface area contributed by atoms with E-state index in [1.165, 1.54) is 12.4 Å². The van der Waals surface area contributed by atoms with Crippen molar-refractivity contribution in [2.24, 2.45) is 0 Å². The SMILES string of the molecule is CCNC(C)C1CCCCN1S(=O)(=O)c1cn[nH]c1. The quantitative estimate of drug-likeness (QED) is 0.845. The molecule has 2 N–H and O–H groups in total. The normalized spacial score (nSPS) is 23.4. The third kappa shape index (κ3) is 2.98. The number of hydrogen-bond acceptors (Lipinski definition) is 4. The van der Waals surface area contributed by atoms with Crippen LogP contribution in [0.25, 0.3) is 0 Å². The van der Waals surface area contributed by atoms with Gasteiger partial charge in [0.15, 0.2) is 0 Å². The molecule has 0 aliphatic carbocycles. The first-order valence-electron chi connectivity index (χ1n) is 6.81. The fourth-order valence-corrected chi connectivity index (χ4v) is 4.37. The third-order valence-corrected chi connectivity index (χ3v) is 5.57. The molecule has 0 aromatic carbocycles. The van der Waals surface area contributed by atoms with E-state index in [1.807, 2.05) is 6.92 Å². The molecule has 7 heteroatoms. The Morgan fingerprint density at radius 1 is 1.58 bits per heavy atom. The van der Waals surface area contributed by atoms with E-state index in [1.54, 1.807) is 4.31 Å². The first-order valence-corrected chi connectivity index (χ1v) is 8.25. The maximum absolute atomic E-state index is 12.6. The van der Waals surface area contributed by atoms with Crippen LogP contribution in [0.2, 0.25) is 0 Å². The van der Waals surface area contributed by atoms with E-state index in [2.05, 4.69) is 22.4 Å². The van der Waals surface area contributed by atoms with E-state index in [4.69, 9.17) is 0 Å². The fourth-order valence-electron chi connectivity index (χ4n) is 2.70. The molecular formula is C12H22N4O2S. The highest BCUT2D eigenvalue weighted by Crippen LogP contribution is 2.26. The lowest BCUT2D eigenvalue weighted by molar-refractivity contribution is 0.210. The molecule has 0 radical (unpaired) electrons. The number of nitrogens with zero attached hydrogens (tertiary/aromatic N) is 2. The third-order valence-electron chi connectivity index (χ3n) is 3.68. The van der Waals surface area contributed by atoms with Gasteiger partial charge in [0.25, 0.3) is 0 Å². The topological polar surface area (TPSA) is 78.1 Å². The summed E-state index contributed by atoms with van der Waals surface area (Å²) in [6.45, 7) is 5.52. The average molecular weight is 286 g/mol. The van der Waals surface area contributed by atoms with Gasteiger partial charge in [0.05, 0.1) is 6.20 Å². The molecule has 2 unspecified atom stereocenters. The van der Waals surface area contributed by atoms with Gasteiger partial charge in [-0.15, -0.1) is 0 Å². The van der Waals surface area contributed by atoms with Gasteiger partial charge in [-0.25, -0.2) is 8.42 Å². The number of aromatic nitrogens is 2. The van der Waals surface area contributed by atoms with Crippen LogP contribution in [0, 0.1) is 0 Å². The summed E-state index contributed by atoms with van der Waals surface area (Å²) in [5, 5.41) is 9.65. The van der Waals surface area contributed by atoms with Gasteiger partial charge in [-0.05, 0) is 26.3 Å². The van der Waals surface area contributed by atoms with Crippen LogP contribution in [0.15, 0.2) is 17.3 Å². The highest BCUT2D eigenvalue weighted by molar-refractivity contribution is 7.89. The number of nitrogens with one attached hydrogen (secondary N) is 2. The van der Waals surface area contributed by atoms with Crippen LogP contribution in [-0.4, -0.2) is 48.1 Å². The molecular weight excluding hydrogens is 264 g/mol. The van der Waals surface area contributed by atoms with Crippen molar-refractivity contribution < 1.29 is 8.42 Å². The maximum Gasteiger partial charge on any atom is 0.246 e. The summed E-state index contributed by atoms with van der Waals surface area (Å²) < 4.78 is 26.8. The van der Waals surface area contributed by atoms with Crippen molar-refractivity contribution in [3.8, 4) is 0 Å². The van der Waals surface area contributed by atoms with Crippen LogP contribution in [0.1, 0.15) is 33.1 Å². The number of rotatable bonds is 5. The molecule has 0 spiro atoms. The molecule has 6 nitrogen and oxygen atoms in total. The molecule has 2 heterocycles. The smallest absolute Gasteiger partial charge is 0.246 e. The van der Waals surface area contributed by atoms with Crippen LogP contribution in [0.5, 0.6) is 0 Å². The van der Waals surface area contributed by atoms with Gasteiger partial charge < -0.3 is 5.32 Å². The van der Waals surface area contributed by atoms with Crippen molar-refractivity contribution in [3.05, 3.63) is 12.4 Å². The molecule has 0 amide bonds. The van der Waals surface area contributed by atoms with Gasteiger partial charge in [-0.3, -0.25) is 5.10 Å². The van der Waals surface area contributed by atoms with Gasteiger partial charge >= 0.3 is 0 Å². The summed E-state index contributed by atoms with van der Waals surface area (Å²) in [6.07, 6.45) is 5.73. The minimum absolute atomic E-state index is 0.0219. The Balaban J connectivity index is 2.24. The van der Waals surface area contributed by atoms with E-state index in [9.17, 15) is 8.42 Å². The van der Waals surface area contributed by atoms with E-state index >= 15 is 0 Å². The first-order chi connectivity index (χ1) is 9.07. The molecule has 1 aromatic heterocycles. The summed E-state index contributed by atoms with van der Waals surface area (Å²) in [6, 6.07) is 0.181. The van der Waals surface area contributed by atoms with E-state index in [0.29, 0.717) is 6.54 Å². The van der Waals surface area contributed by atoms with Crippen LogP contribution < -0.4 is 5.32 Å². The zero-order valence-electron chi connectivity index (χ0n) is 11.5. The molecule has 2 atom stereocenters. The van der Waals surface area contributed by atoms with Gasteiger partial charge in [0.2, 0.25) is 10.0 Å². The molecule has 1 saturated heterocycles. The minimum Gasteiger partial charge on any atom is -0.313 e. The minimum atomic E-state index is -3.43. The molecule has 0 saturated carbocycles. The summed E-state index contributed by atoms with van der Waals surface area (Å²) in [5.74, 6) is 0. The van der Waals surface area contributed by atoms with Crippen molar-refractivity contribution in [1.29, 1.82) is 0 Å². The van der Waals surface area contributed by atoms with Gasteiger partial charge in [0.1, 0.15) is 4.90 Å². The van der Waals surface area contributed by atoms with Crippen molar-refractivity contribution in [2.75, 3.05) is 13.1 Å². The second-order valence-electron chi connectivity index (χ2n) is 4.96. The lowest BCUT2D eigenvalue weighted by atomic mass is 9.99. The molecule has 1 aliphatic heterocycles. The average Bonchev–Trinajstić information content (AvgIpc) is 2.93. The monoisotopic (exact) mass is 286 g/mol. The lowest BCUT2D eigenvalue weighted by Gasteiger charge is -2.38. The van der Waals surface area contributed by atoms with Crippen molar-refractivity contribution >= 4 is 10.0 Å². The Bertz CT molecular complexity index is 486. The molecule has 1 fully saturated rings. The number of sulfonamides is 1. The predicted molar refractivity (Wildman–Crippen MR) is 73.3 cm³/mol. The highest BCUT2D eigenvalue weighted by atomic mass is 32.2. The number of hydrogen-bond donors (Lipinski definition) is 2. The summed E-state index contributed by atoms with van der Waals surface area (Å²) in [4.78, 5) is 0.253. The number of H-pyrrole nitrogens is 1. The summed E-state index contributed by atoms with van der Waals surface area (Å²) in [7, 11) is -3.43. The molecule has 0 bridgehead atoms. The van der Waals surface area contributed by atoms with Crippen LogP contribution in [-0.2, 0) is 10.0 Å². The Morgan fingerprint density at radius 2 is 2.37 bits per heavy atom. The van der Waals surface area contributed by atoms with Gasteiger partial charge in [-0.1, -0.05) is 13.3 Å². The highest BCUT2D eigenvalue weighted by Gasteiger charge is 2.36. The fraction of sp³-hybridized carbons (Fsp3) is 0.750. The van der Waals surface area contributed by atoms with Crippen molar-refractivity contribution in [3.63, 3.8) is 0 Å². The zero-order valence-corrected chi connectivity index (χ0v) is 12.3. The number of piperidine rings is 1. The number of likely N-dealkylation sites (N-methyl/N-ethyl adjacent to an activating group) is 1. The van der Waals surface area contributed by atoms with Crippen LogP contribution in [0.4, 0.5) is 0 Å². The van der Waals surface area contributed by atoms with Crippen LogP contribution in [0.3, 0.4) is 0 Å². The molecule has 1 aromatic rings. The second kappa shape index (κ2) is 6.02. The maximum atomic E-state index is 12.6. The largest absolute Gasteiger partial charge is 0.313 e. The predicted octanol–water partition coefficient (Wildman–Crippen LogP) is 0.951. The van der Waals surface area contributed by atoms with E-state index < -0.39 is 10.0 Å². The van der Waals surface area contributed by atoms with Crippen molar-refractivity contribution in [1.82, 2.24) is 19.8 Å². The second-order valence-corrected chi connectivity index (χ2v) is 6.85. The zero-order chi connectivity index (χ0) is 13.9. The summed E-state index contributed by atoms with van der Waals surface area (Å²) >= 11 is 0. The van der Waals surface area contributed by atoms with Gasteiger partial charge in [-0.2, -0.15) is 9.40 Å². The Hall–Kier alpha value is -0.920. The summed E-state index contributed by atoms with van der Waals surface area (Å²) in [5.41, 5.74) is 0. The lowest BCUT2D eigenvalue weighted by Crippen LogP contribution is -2.53. The Kier molecular flexibility index (Phi) is 4.59. The van der Waals surface area contributed by atoms with E-state index in [-0.39, 0.29) is 17.0 Å². The Morgan fingerprint density at radius 3 is 3.00 bits per heavy atom. The molecule has 19 heavy (non-hydrogen) atoms. The molecule has 108 valence electrons. The molecule has 2 rings (SSSR count). The van der Waals surface area contributed by atoms with E-state index in [0.717, 1.165) is 25.8 Å². The molecule has 1 aliphatic rings. The van der Waals surface area contributed by atoms with Crippen LogP contribution >= 0.6 is 0 Å². The number of aromatic amines is 1.